The van der Waals surface area contributed by atoms with E-state index < -0.39 is 0 Å². The lowest BCUT2D eigenvalue weighted by Gasteiger charge is -2.22. The summed E-state index contributed by atoms with van der Waals surface area (Å²) in [6.07, 6.45) is 4.05. The number of allylic oxidation sites excluding steroid dienone is 1. The number of Topliss-reactive ketones (excluding diaryl/α,β-unsaturated/α-hetero) is 1. The van der Waals surface area contributed by atoms with E-state index in [9.17, 15) is 9.90 Å². The van der Waals surface area contributed by atoms with Gasteiger partial charge in [0.25, 0.3) is 0 Å². The minimum Gasteiger partial charge on any atom is -0.507 e. The Morgan fingerprint density at radius 1 is 1.65 bits per heavy atom. The Balaban J connectivity index is 2.63. The van der Waals surface area contributed by atoms with Crippen LogP contribution in [-0.2, 0) is 12.8 Å². The van der Waals surface area contributed by atoms with Gasteiger partial charge >= 0.3 is 0 Å². The maximum absolute atomic E-state index is 11.5. The van der Waals surface area contributed by atoms with Crippen molar-refractivity contribution in [2.24, 2.45) is 0 Å². The highest BCUT2D eigenvalue weighted by molar-refractivity contribution is 5.97. The monoisotopic (exact) mass is 232 g/mol. The Morgan fingerprint density at radius 2 is 2.41 bits per heavy atom. The van der Waals surface area contributed by atoms with Gasteiger partial charge in [0.2, 0.25) is 0 Å². The van der Waals surface area contributed by atoms with E-state index in [0.717, 1.165) is 24.2 Å². The molecule has 0 aliphatic carbocycles. The lowest BCUT2D eigenvalue weighted by Crippen LogP contribution is -2.12. The molecule has 1 aliphatic heterocycles. The zero-order valence-corrected chi connectivity index (χ0v) is 9.95. The van der Waals surface area contributed by atoms with Crippen LogP contribution in [0, 0.1) is 0 Å². The quantitative estimate of drug-likeness (QED) is 0.643. The van der Waals surface area contributed by atoms with Crippen LogP contribution >= 0.6 is 0 Å². The number of benzene rings is 1. The van der Waals surface area contributed by atoms with Gasteiger partial charge in [0.1, 0.15) is 11.5 Å². The Kier molecular flexibility index (Phi) is 3.18. The summed E-state index contributed by atoms with van der Waals surface area (Å²) < 4.78 is 5.60. The highest BCUT2D eigenvalue weighted by Gasteiger charge is 2.22. The molecule has 0 atom stereocenters. The molecule has 3 heteroatoms. The van der Waals surface area contributed by atoms with E-state index in [-0.39, 0.29) is 11.5 Å². The van der Waals surface area contributed by atoms with Crippen molar-refractivity contribution >= 4 is 5.78 Å². The number of hydrogen-bond donors (Lipinski definition) is 1. The SMILES string of the molecule is C=CCc1c(O)c(C(C)=O)cc2c1OCCC2. The van der Waals surface area contributed by atoms with Gasteiger partial charge < -0.3 is 9.84 Å². The van der Waals surface area contributed by atoms with Crippen LogP contribution in [0.2, 0.25) is 0 Å². The number of carbonyl (C=O) groups is 1. The summed E-state index contributed by atoms with van der Waals surface area (Å²) in [5, 5.41) is 10.1. The van der Waals surface area contributed by atoms with Gasteiger partial charge in [0.05, 0.1) is 12.2 Å². The van der Waals surface area contributed by atoms with Crippen LogP contribution in [0.5, 0.6) is 11.5 Å². The Morgan fingerprint density at radius 3 is 3.06 bits per heavy atom. The van der Waals surface area contributed by atoms with Gasteiger partial charge in [-0.15, -0.1) is 6.58 Å². The minimum absolute atomic E-state index is 0.0399. The first-order chi connectivity index (χ1) is 8.15. The first kappa shape index (κ1) is 11.7. The molecule has 0 amide bonds. The average Bonchev–Trinajstić information content (AvgIpc) is 2.32. The highest BCUT2D eigenvalue weighted by Crippen LogP contribution is 2.38. The van der Waals surface area contributed by atoms with Gasteiger partial charge in [-0.05, 0) is 37.8 Å². The van der Waals surface area contributed by atoms with Gasteiger partial charge in [-0.3, -0.25) is 4.79 Å². The Bertz CT molecular complexity index is 475. The molecule has 1 heterocycles. The van der Waals surface area contributed by atoms with Crippen LogP contribution in [-0.4, -0.2) is 17.5 Å². The lowest BCUT2D eigenvalue weighted by atomic mass is 9.94. The highest BCUT2D eigenvalue weighted by atomic mass is 16.5. The van der Waals surface area contributed by atoms with Crippen molar-refractivity contribution in [3.8, 4) is 11.5 Å². The zero-order chi connectivity index (χ0) is 12.4. The Hall–Kier alpha value is -1.77. The van der Waals surface area contributed by atoms with Crippen molar-refractivity contribution < 1.29 is 14.6 Å². The topological polar surface area (TPSA) is 46.5 Å². The molecule has 17 heavy (non-hydrogen) atoms. The van der Waals surface area contributed by atoms with Crippen LogP contribution in [0.1, 0.15) is 34.8 Å². The second-order valence-electron chi connectivity index (χ2n) is 4.24. The third-order valence-corrected chi connectivity index (χ3v) is 2.99. The van der Waals surface area contributed by atoms with Gasteiger partial charge in [-0.2, -0.15) is 0 Å². The molecule has 0 saturated carbocycles. The summed E-state index contributed by atoms with van der Waals surface area (Å²) in [5.41, 5.74) is 2.07. The summed E-state index contributed by atoms with van der Waals surface area (Å²) >= 11 is 0. The molecule has 0 bridgehead atoms. The third kappa shape index (κ3) is 2.05. The second kappa shape index (κ2) is 4.62. The number of aromatic hydroxyl groups is 1. The van der Waals surface area contributed by atoms with Crippen LogP contribution in [0.15, 0.2) is 18.7 Å². The van der Waals surface area contributed by atoms with Crippen molar-refractivity contribution in [3.63, 3.8) is 0 Å². The maximum atomic E-state index is 11.5. The van der Waals surface area contributed by atoms with Crippen LogP contribution in [0.4, 0.5) is 0 Å². The number of hydrogen-bond acceptors (Lipinski definition) is 3. The molecule has 90 valence electrons. The number of carbonyl (C=O) groups excluding carboxylic acids is 1. The predicted molar refractivity (Wildman–Crippen MR) is 65.8 cm³/mol. The molecular formula is C14H16O3. The summed E-state index contributed by atoms with van der Waals surface area (Å²) in [4.78, 5) is 11.5. The molecule has 0 unspecified atom stereocenters. The smallest absolute Gasteiger partial charge is 0.163 e. The van der Waals surface area contributed by atoms with Crippen molar-refractivity contribution in [1.82, 2.24) is 0 Å². The van der Waals surface area contributed by atoms with E-state index in [2.05, 4.69) is 6.58 Å². The number of ether oxygens (including phenoxy) is 1. The van der Waals surface area contributed by atoms with E-state index in [1.165, 1.54) is 6.92 Å². The molecule has 0 saturated heterocycles. The molecule has 2 rings (SSSR count). The maximum Gasteiger partial charge on any atom is 0.163 e. The fourth-order valence-corrected chi connectivity index (χ4v) is 2.18. The molecule has 0 aromatic heterocycles. The number of fused-ring (bicyclic) bond motifs is 1. The molecule has 0 radical (unpaired) electrons. The molecule has 0 fully saturated rings. The summed E-state index contributed by atoms with van der Waals surface area (Å²) in [6.45, 7) is 5.79. The molecule has 1 aliphatic rings. The molecule has 1 aromatic rings. The number of phenolic OH excluding ortho intramolecular Hbond substituents is 1. The zero-order valence-electron chi connectivity index (χ0n) is 9.95. The van der Waals surface area contributed by atoms with Crippen molar-refractivity contribution in [2.45, 2.75) is 26.2 Å². The minimum atomic E-state index is -0.124. The third-order valence-electron chi connectivity index (χ3n) is 2.99. The van der Waals surface area contributed by atoms with Gasteiger partial charge in [0, 0.05) is 5.56 Å². The van der Waals surface area contributed by atoms with Crippen LogP contribution in [0.25, 0.3) is 0 Å². The average molecular weight is 232 g/mol. The number of rotatable bonds is 3. The van der Waals surface area contributed by atoms with E-state index in [0.29, 0.717) is 24.2 Å². The number of phenols is 1. The first-order valence-corrected chi connectivity index (χ1v) is 5.77. The summed E-state index contributed by atoms with van der Waals surface area (Å²) in [6, 6.07) is 1.75. The molecule has 3 nitrogen and oxygen atoms in total. The van der Waals surface area contributed by atoms with Crippen LogP contribution < -0.4 is 4.74 Å². The largest absolute Gasteiger partial charge is 0.507 e. The molecule has 1 N–H and O–H groups in total. The van der Waals surface area contributed by atoms with E-state index in [4.69, 9.17) is 4.74 Å². The number of ketones is 1. The fourth-order valence-electron chi connectivity index (χ4n) is 2.18. The summed E-state index contributed by atoms with van der Waals surface area (Å²) in [7, 11) is 0. The fraction of sp³-hybridized carbons (Fsp3) is 0.357. The van der Waals surface area contributed by atoms with E-state index >= 15 is 0 Å². The van der Waals surface area contributed by atoms with Gasteiger partial charge in [0.15, 0.2) is 5.78 Å². The second-order valence-corrected chi connectivity index (χ2v) is 4.24. The van der Waals surface area contributed by atoms with Gasteiger partial charge in [-0.1, -0.05) is 6.08 Å². The van der Waals surface area contributed by atoms with E-state index in [1.54, 1.807) is 12.1 Å². The Labute approximate surface area is 101 Å². The van der Waals surface area contributed by atoms with Crippen LogP contribution in [0.3, 0.4) is 0 Å². The van der Waals surface area contributed by atoms with Crippen molar-refractivity contribution in [3.05, 3.63) is 35.4 Å². The van der Waals surface area contributed by atoms with E-state index in [1.807, 2.05) is 0 Å². The normalized spacial score (nSPS) is 13.7. The van der Waals surface area contributed by atoms with Crippen molar-refractivity contribution in [2.75, 3.05) is 6.61 Å². The first-order valence-electron chi connectivity index (χ1n) is 5.77. The summed E-state index contributed by atoms with van der Waals surface area (Å²) in [5.74, 6) is 0.651. The van der Waals surface area contributed by atoms with Crippen molar-refractivity contribution in [1.29, 1.82) is 0 Å². The lowest BCUT2D eigenvalue weighted by molar-refractivity contribution is 0.101. The predicted octanol–water partition coefficient (Wildman–Crippen LogP) is 2.65. The standard InChI is InChI=1S/C14H16O3/c1-3-5-11-13(16)12(9(2)15)8-10-6-4-7-17-14(10)11/h3,8,16H,1,4-7H2,2H3. The number of aryl methyl sites for hydroxylation is 1. The molecule has 0 spiro atoms. The molecule has 1 aromatic carbocycles. The van der Waals surface area contributed by atoms with Gasteiger partial charge in [-0.25, -0.2) is 0 Å². The molecular weight excluding hydrogens is 216 g/mol.